The van der Waals surface area contributed by atoms with Crippen LogP contribution in [0.4, 0.5) is 0 Å². The molecule has 0 spiro atoms. The molecular weight excluding hydrogens is 302 g/mol. The van der Waals surface area contributed by atoms with Gasteiger partial charge in [0.2, 0.25) is 0 Å². The SMILES string of the molecule is CCN(CC(=O)c1ccc(Br)s1)C(C)COC. The van der Waals surface area contributed by atoms with Gasteiger partial charge in [0.25, 0.3) is 0 Å². The summed E-state index contributed by atoms with van der Waals surface area (Å²) >= 11 is 4.85. The minimum Gasteiger partial charge on any atom is -0.383 e. The Bertz CT molecular complexity index is 367. The molecule has 0 radical (unpaired) electrons. The second-order valence-corrected chi connectivity index (χ2v) is 6.36. The predicted molar refractivity (Wildman–Crippen MR) is 74.9 cm³/mol. The van der Waals surface area contributed by atoms with E-state index < -0.39 is 0 Å². The molecule has 96 valence electrons. The smallest absolute Gasteiger partial charge is 0.186 e. The van der Waals surface area contributed by atoms with E-state index in [0.29, 0.717) is 13.2 Å². The van der Waals surface area contributed by atoms with Gasteiger partial charge in [0.05, 0.1) is 21.8 Å². The van der Waals surface area contributed by atoms with Crippen LogP contribution in [-0.4, -0.2) is 43.5 Å². The van der Waals surface area contributed by atoms with E-state index in [2.05, 4.69) is 34.7 Å². The summed E-state index contributed by atoms with van der Waals surface area (Å²) in [5.41, 5.74) is 0. The Morgan fingerprint density at radius 2 is 2.29 bits per heavy atom. The molecule has 1 unspecified atom stereocenters. The Kier molecular flexibility index (Phi) is 6.33. The molecule has 0 aromatic carbocycles. The van der Waals surface area contributed by atoms with Gasteiger partial charge in [-0.2, -0.15) is 0 Å². The summed E-state index contributed by atoms with van der Waals surface area (Å²) in [6, 6.07) is 4.04. The number of carbonyl (C=O) groups is 1. The van der Waals surface area contributed by atoms with Gasteiger partial charge in [0, 0.05) is 13.2 Å². The number of methoxy groups -OCH3 is 1. The maximum atomic E-state index is 12.0. The number of ether oxygens (including phenoxy) is 1. The molecule has 0 N–H and O–H groups in total. The first-order valence-electron chi connectivity index (χ1n) is 5.60. The molecule has 0 amide bonds. The first-order valence-corrected chi connectivity index (χ1v) is 7.21. The highest BCUT2D eigenvalue weighted by molar-refractivity contribution is 9.11. The van der Waals surface area contributed by atoms with Crippen LogP contribution in [0.15, 0.2) is 15.9 Å². The molecule has 0 aliphatic carbocycles. The molecule has 0 saturated heterocycles. The normalized spacial score (nSPS) is 13.0. The van der Waals surface area contributed by atoms with Crippen LogP contribution in [0.3, 0.4) is 0 Å². The fourth-order valence-electron chi connectivity index (χ4n) is 1.65. The second-order valence-electron chi connectivity index (χ2n) is 3.89. The zero-order chi connectivity index (χ0) is 12.8. The highest BCUT2D eigenvalue weighted by Crippen LogP contribution is 2.22. The summed E-state index contributed by atoms with van der Waals surface area (Å²) in [5, 5.41) is 0. The van der Waals surface area contributed by atoms with Crippen LogP contribution in [0.1, 0.15) is 23.5 Å². The third-order valence-electron chi connectivity index (χ3n) is 2.63. The molecule has 5 heteroatoms. The van der Waals surface area contributed by atoms with Crippen LogP contribution in [-0.2, 0) is 4.74 Å². The Morgan fingerprint density at radius 1 is 1.59 bits per heavy atom. The zero-order valence-corrected chi connectivity index (χ0v) is 12.8. The Labute approximate surface area is 115 Å². The largest absolute Gasteiger partial charge is 0.383 e. The molecule has 3 nitrogen and oxygen atoms in total. The fourth-order valence-corrected chi connectivity index (χ4v) is 2.97. The summed E-state index contributed by atoms with van der Waals surface area (Å²) in [4.78, 5) is 15.0. The van der Waals surface area contributed by atoms with E-state index in [1.807, 2.05) is 12.1 Å². The summed E-state index contributed by atoms with van der Waals surface area (Å²) in [5.74, 6) is 0.172. The number of hydrogen-bond acceptors (Lipinski definition) is 4. The predicted octanol–water partition coefficient (Wildman–Crippen LogP) is 3.05. The van der Waals surface area contributed by atoms with Crippen molar-refractivity contribution in [2.45, 2.75) is 19.9 Å². The highest BCUT2D eigenvalue weighted by atomic mass is 79.9. The number of hydrogen-bond donors (Lipinski definition) is 0. The second kappa shape index (κ2) is 7.26. The first kappa shape index (κ1) is 14.8. The number of thiophene rings is 1. The quantitative estimate of drug-likeness (QED) is 0.723. The van der Waals surface area contributed by atoms with Crippen molar-refractivity contribution in [3.05, 3.63) is 20.8 Å². The Hall–Kier alpha value is -0.230. The van der Waals surface area contributed by atoms with E-state index in [4.69, 9.17) is 4.74 Å². The molecule has 1 rings (SSSR count). The van der Waals surface area contributed by atoms with Gasteiger partial charge in [-0.3, -0.25) is 9.69 Å². The molecule has 1 aromatic rings. The van der Waals surface area contributed by atoms with Gasteiger partial charge in [-0.05, 0) is 41.5 Å². The number of carbonyl (C=O) groups excluding carboxylic acids is 1. The lowest BCUT2D eigenvalue weighted by Crippen LogP contribution is -2.39. The fraction of sp³-hybridized carbons (Fsp3) is 0.583. The number of nitrogens with zero attached hydrogens (tertiary/aromatic N) is 1. The van der Waals surface area contributed by atoms with Crippen LogP contribution in [0.5, 0.6) is 0 Å². The molecule has 0 fully saturated rings. The lowest BCUT2D eigenvalue weighted by Gasteiger charge is -2.26. The number of Topliss-reactive ketones (excluding diaryl/α,β-unsaturated/α-hetero) is 1. The summed E-state index contributed by atoms with van der Waals surface area (Å²) in [6.07, 6.45) is 0. The van der Waals surface area contributed by atoms with Gasteiger partial charge in [-0.1, -0.05) is 6.92 Å². The average molecular weight is 320 g/mol. The number of rotatable bonds is 7. The van der Waals surface area contributed by atoms with E-state index in [1.54, 1.807) is 7.11 Å². The lowest BCUT2D eigenvalue weighted by atomic mass is 10.2. The molecule has 0 aliphatic rings. The van der Waals surface area contributed by atoms with Crippen molar-refractivity contribution < 1.29 is 9.53 Å². The molecule has 1 atom stereocenters. The Balaban J connectivity index is 2.59. The van der Waals surface area contributed by atoms with Crippen LogP contribution < -0.4 is 0 Å². The van der Waals surface area contributed by atoms with Crippen molar-refractivity contribution >= 4 is 33.0 Å². The average Bonchev–Trinajstić information content (AvgIpc) is 2.72. The van der Waals surface area contributed by atoms with Crippen molar-refractivity contribution in [3.63, 3.8) is 0 Å². The summed E-state index contributed by atoms with van der Waals surface area (Å²) in [7, 11) is 1.68. The van der Waals surface area contributed by atoms with E-state index in [9.17, 15) is 4.79 Å². The van der Waals surface area contributed by atoms with E-state index in [-0.39, 0.29) is 11.8 Å². The topological polar surface area (TPSA) is 29.5 Å². The van der Waals surface area contributed by atoms with E-state index in [0.717, 1.165) is 15.2 Å². The van der Waals surface area contributed by atoms with Gasteiger partial charge < -0.3 is 4.74 Å². The molecule has 0 bridgehead atoms. The molecule has 0 saturated carbocycles. The van der Waals surface area contributed by atoms with Crippen molar-refractivity contribution in [3.8, 4) is 0 Å². The van der Waals surface area contributed by atoms with Crippen molar-refractivity contribution in [1.29, 1.82) is 0 Å². The van der Waals surface area contributed by atoms with Crippen molar-refractivity contribution in [2.75, 3.05) is 26.8 Å². The van der Waals surface area contributed by atoms with Crippen molar-refractivity contribution in [2.24, 2.45) is 0 Å². The Morgan fingerprint density at radius 3 is 2.76 bits per heavy atom. The number of halogens is 1. The van der Waals surface area contributed by atoms with Gasteiger partial charge in [-0.25, -0.2) is 0 Å². The van der Waals surface area contributed by atoms with Gasteiger partial charge in [-0.15, -0.1) is 11.3 Å². The lowest BCUT2D eigenvalue weighted by molar-refractivity contribution is 0.0791. The molecule has 17 heavy (non-hydrogen) atoms. The third kappa shape index (κ3) is 4.50. The van der Waals surface area contributed by atoms with Gasteiger partial charge >= 0.3 is 0 Å². The van der Waals surface area contributed by atoms with Crippen LogP contribution >= 0.6 is 27.3 Å². The van der Waals surface area contributed by atoms with Crippen LogP contribution in [0, 0.1) is 0 Å². The van der Waals surface area contributed by atoms with E-state index >= 15 is 0 Å². The maximum Gasteiger partial charge on any atom is 0.186 e. The zero-order valence-electron chi connectivity index (χ0n) is 10.4. The minimum absolute atomic E-state index is 0.172. The summed E-state index contributed by atoms with van der Waals surface area (Å²) in [6.45, 7) is 6.08. The van der Waals surface area contributed by atoms with E-state index in [1.165, 1.54) is 11.3 Å². The van der Waals surface area contributed by atoms with Crippen LogP contribution in [0.25, 0.3) is 0 Å². The monoisotopic (exact) mass is 319 g/mol. The minimum atomic E-state index is 0.172. The van der Waals surface area contributed by atoms with Gasteiger partial charge in [0.15, 0.2) is 5.78 Å². The third-order valence-corrected chi connectivity index (χ3v) is 4.30. The standard InChI is InChI=1S/C12H18BrNO2S/c1-4-14(9(2)8-16-3)7-10(15)11-5-6-12(13)17-11/h5-6,9H,4,7-8H2,1-3H3. The van der Waals surface area contributed by atoms with Gasteiger partial charge in [0.1, 0.15) is 0 Å². The number of likely N-dealkylation sites (N-methyl/N-ethyl adjacent to an activating group) is 1. The first-order chi connectivity index (χ1) is 8.08. The number of ketones is 1. The maximum absolute atomic E-state index is 12.0. The van der Waals surface area contributed by atoms with Crippen molar-refractivity contribution in [1.82, 2.24) is 4.90 Å². The summed E-state index contributed by atoms with van der Waals surface area (Å²) < 4.78 is 6.11. The molecule has 1 heterocycles. The highest BCUT2D eigenvalue weighted by Gasteiger charge is 2.17. The molecular formula is C12H18BrNO2S. The molecule has 0 aliphatic heterocycles. The molecule has 1 aromatic heterocycles. The van der Waals surface area contributed by atoms with Crippen LogP contribution in [0.2, 0.25) is 0 Å².